The number of esters is 1. The molecule has 10 nitrogen and oxygen atoms in total. The van der Waals surface area contributed by atoms with E-state index in [1.165, 1.54) is 19.1 Å². The van der Waals surface area contributed by atoms with Crippen LogP contribution in [0, 0.1) is 21.4 Å². The van der Waals surface area contributed by atoms with Crippen molar-refractivity contribution in [3.8, 4) is 6.07 Å². The molecule has 0 saturated heterocycles. The van der Waals surface area contributed by atoms with E-state index in [4.69, 9.17) is 15.2 Å². The maximum atomic E-state index is 13.0. The lowest BCUT2D eigenvalue weighted by atomic mass is 9.68. The van der Waals surface area contributed by atoms with Crippen LogP contribution in [-0.4, -0.2) is 23.9 Å². The molecule has 0 aliphatic carbocycles. The Balaban J connectivity index is 2.46. The number of nitrogens with two attached hydrogens (primary N) is 1. The molecule has 2 heterocycles. The molecule has 0 aromatic heterocycles. The molecule has 26 heavy (non-hydrogen) atoms. The first-order valence-corrected chi connectivity index (χ1v) is 7.27. The van der Waals surface area contributed by atoms with Gasteiger partial charge >= 0.3 is 5.97 Å². The SMILES string of the molecule is COC(=O)C1=C(C)OC(N)=C(C#N)C12C(=O)Nc1ccc([N+](=O)[O-])cc12. The number of amides is 1. The van der Waals surface area contributed by atoms with Gasteiger partial charge < -0.3 is 20.5 Å². The van der Waals surface area contributed by atoms with Gasteiger partial charge in [-0.25, -0.2) is 4.79 Å². The first-order chi connectivity index (χ1) is 12.3. The number of methoxy groups -OCH3 is 1. The van der Waals surface area contributed by atoms with Gasteiger partial charge in [0.2, 0.25) is 11.8 Å². The number of nitrogens with one attached hydrogen (secondary N) is 1. The van der Waals surface area contributed by atoms with Crippen LogP contribution in [0.3, 0.4) is 0 Å². The zero-order chi connectivity index (χ0) is 19.2. The minimum absolute atomic E-state index is 0.0390. The number of hydrogen-bond donors (Lipinski definition) is 2. The summed E-state index contributed by atoms with van der Waals surface area (Å²) in [6.45, 7) is 1.39. The minimum Gasteiger partial charge on any atom is -0.466 e. The number of carbonyl (C=O) groups excluding carboxylic acids is 2. The highest BCUT2D eigenvalue weighted by Gasteiger charge is 2.60. The standard InChI is InChI=1S/C16H12N4O6/c1-7-12(14(21)25-2)16(10(6-17)13(18)26-7)9-5-8(20(23)24)3-4-11(9)19-15(16)22/h3-5H,18H2,1-2H3,(H,19,22). The second kappa shape index (κ2) is 5.59. The lowest BCUT2D eigenvalue weighted by Crippen LogP contribution is -2.45. The molecule has 0 fully saturated rings. The Labute approximate surface area is 146 Å². The molecule has 0 radical (unpaired) electrons. The number of benzene rings is 1. The minimum atomic E-state index is -1.99. The van der Waals surface area contributed by atoms with Gasteiger partial charge in [0.1, 0.15) is 23.0 Å². The summed E-state index contributed by atoms with van der Waals surface area (Å²) in [6, 6.07) is 5.44. The number of rotatable bonds is 2. The number of nitro groups is 1. The normalized spacial score (nSPS) is 21.0. The van der Waals surface area contributed by atoms with Crippen LogP contribution >= 0.6 is 0 Å². The van der Waals surface area contributed by atoms with Crippen molar-refractivity contribution in [3.05, 3.63) is 56.7 Å². The molecule has 132 valence electrons. The molecule has 1 unspecified atom stereocenters. The van der Waals surface area contributed by atoms with Crippen LogP contribution in [0.2, 0.25) is 0 Å². The van der Waals surface area contributed by atoms with E-state index in [2.05, 4.69) is 5.32 Å². The summed E-state index contributed by atoms with van der Waals surface area (Å²) in [4.78, 5) is 35.9. The van der Waals surface area contributed by atoms with Crippen LogP contribution in [0.5, 0.6) is 0 Å². The number of nitro benzene ring substituents is 1. The van der Waals surface area contributed by atoms with E-state index in [-0.39, 0.29) is 39.7 Å². The highest BCUT2D eigenvalue weighted by atomic mass is 16.6. The average molecular weight is 356 g/mol. The molecule has 3 rings (SSSR count). The number of nitrogens with zero attached hydrogens (tertiary/aromatic N) is 2. The second-order valence-electron chi connectivity index (χ2n) is 5.57. The van der Waals surface area contributed by atoms with Crippen molar-refractivity contribution < 1.29 is 24.0 Å². The molecule has 3 N–H and O–H groups in total. The third kappa shape index (κ3) is 1.97. The summed E-state index contributed by atoms with van der Waals surface area (Å²) < 4.78 is 10.0. The molecule has 0 saturated carbocycles. The molecule has 2 aliphatic heterocycles. The van der Waals surface area contributed by atoms with E-state index in [1.54, 1.807) is 6.07 Å². The second-order valence-corrected chi connectivity index (χ2v) is 5.57. The monoisotopic (exact) mass is 356 g/mol. The van der Waals surface area contributed by atoms with Gasteiger partial charge in [-0.1, -0.05) is 0 Å². The Morgan fingerprint density at radius 3 is 2.77 bits per heavy atom. The molecule has 1 aromatic carbocycles. The Hall–Kier alpha value is -3.87. The Morgan fingerprint density at radius 1 is 1.50 bits per heavy atom. The number of anilines is 1. The number of nitriles is 1. The predicted molar refractivity (Wildman–Crippen MR) is 86.0 cm³/mol. The van der Waals surface area contributed by atoms with Crippen LogP contribution in [-0.2, 0) is 24.5 Å². The fourth-order valence-electron chi connectivity index (χ4n) is 3.28. The van der Waals surface area contributed by atoms with Crippen molar-refractivity contribution in [3.63, 3.8) is 0 Å². The summed E-state index contributed by atoms with van der Waals surface area (Å²) in [6.07, 6.45) is 0. The molecule has 1 spiro atoms. The number of hydrogen-bond acceptors (Lipinski definition) is 8. The third-order valence-corrected chi connectivity index (χ3v) is 4.32. The van der Waals surface area contributed by atoms with Crippen molar-refractivity contribution in [1.29, 1.82) is 5.26 Å². The lowest BCUT2D eigenvalue weighted by molar-refractivity contribution is -0.384. The van der Waals surface area contributed by atoms with Crippen LogP contribution in [0.25, 0.3) is 0 Å². The summed E-state index contributed by atoms with van der Waals surface area (Å²) in [5.74, 6) is -2.08. The van der Waals surface area contributed by atoms with Gasteiger partial charge in [-0.15, -0.1) is 0 Å². The van der Waals surface area contributed by atoms with Gasteiger partial charge in [-0.2, -0.15) is 5.26 Å². The number of fused-ring (bicyclic) bond motifs is 2. The summed E-state index contributed by atoms with van der Waals surface area (Å²) >= 11 is 0. The van der Waals surface area contributed by atoms with Gasteiger partial charge in [0, 0.05) is 23.4 Å². The number of ether oxygens (including phenoxy) is 2. The lowest BCUT2D eigenvalue weighted by Gasteiger charge is -2.33. The topological polar surface area (TPSA) is 158 Å². The van der Waals surface area contributed by atoms with Gasteiger partial charge in [-0.05, 0) is 13.0 Å². The number of allylic oxidation sites excluding steroid dienone is 1. The van der Waals surface area contributed by atoms with Crippen molar-refractivity contribution in [2.24, 2.45) is 5.73 Å². The maximum absolute atomic E-state index is 13.0. The Kier molecular flexibility index (Phi) is 3.65. The third-order valence-electron chi connectivity index (χ3n) is 4.32. The highest BCUT2D eigenvalue weighted by molar-refractivity contribution is 6.17. The van der Waals surface area contributed by atoms with E-state index >= 15 is 0 Å². The highest BCUT2D eigenvalue weighted by Crippen LogP contribution is 2.52. The van der Waals surface area contributed by atoms with E-state index in [9.17, 15) is 25.0 Å². The van der Waals surface area contributed by atoms with Crippen LogP contribution in [0.1, 0.15) is 12.5 Å². The summed E-state index contributed by atoms with van der Waals surface area (Å²) in [5, 5.41) is 23.3. The largest absolute Gasteiger partial charge is 0.466 e. The van der Waals surface area contributed by atoms with Crippen LogP contribution in [0.15, 0.2) is 41.0 Å². The molecular weight excluding hydrogens is 344 g/mol. The summed E-state index contributed by atoms with van der Waals surface area (Å²) in [5.41, 5.74) is 3.15. The predicted octanol–water partition coefficient (Wildman–Crippen LogP) is 0.956. The van der Waals surface area contributed by atoms with Gasteiger partial charge in [0.25, 0.3) is 5.69 Å². The number of carbonyl (C=O) groups is 2. The molecule has 1 amide bonds. The van der Waals surface area contributed by atoms with E-state index in [0.717, 1.165) is 13.2 Å². The first kappa shape index (κ1) is 17.0. The zero-order valence-electron chi connectivity index (χ0n) is 13.7. The van der Waals surface area contributed by atoms with Crippen molar-refractivity contribution in [2.75, 3.05) is 12.4 Å². The van der Waals surface area contributed by atoms with E-state index in [0.29, 0.717) is 0 Å². The molecule has 2 aliphatic rings. The summed E-state index contributed by atoms with van der Waals surface area (Å²) in [7, 11) is 1.10. The molecule has 10 heteroatoms. The van der Waals surface area contributed by atoms with Crippen molar-refractivity contribution in [1.82, 2.24) is 0 Å². The first-order valence-electron chi connectivity index (χ1n) is 7.27. The van der Waals surface area contributed by atoms with Gasteiger partial charge in [0.15, 0.2) is 5.41 Å². The average Bonchev–Trinajstić information content (AvgIpc) is 2.86. The smallest absolute Gasteiger partial charge is 0.339 e. The van der Waals surface area contributed by atoms with E-state index in [1.807, 2.05) is 0 Å². The fourth-order valence-corrected chi connectivity index (χ4v) is 3.28. The zero-order valence-corrected chi connectivity index (χ0v) is 13.7. The van der Waals surface area contributed by atoms with Crippen molar-refractivity contribution in [2.45, 2.75) is 12.3 Å². The van der Waals surface area contributed by atoms with Crippen LogP contribution in [0.4, 0.5) is 11.4 Å². The van der Waals surface area contributed by atoms with Gasteiger partial charge in [0.05, 0.1) is 12.0 Å². The molecule has 1 atom stereocenters. The van der Waals surface area contributed by atoms with Crippen molar-refractivity contribution >= 4 is 23.3 Å². The molecule has 1 aromatic rings. The number of non-ortho nitro benzene ring substituents is 1. The quantitative estimate of drug-likeness (QED) is 0.450. The van der Waals surface area contributed by atoms with Crippen LogP contribution < -0.4 is 11.1 Å². The van der Waals surface area contributed by atoms with E-state index < -0.39 is 22.2 Å². The molecule has 0 bridgehead atoms. The Morgan fingerprint density at radius 2 is 2.19 bits per heavy atom. The maximum Gasteiger partial charge on any atom is 0.339 e. The Bertz CT molecular complexity index is 987. The molecular formula is C16H12N4O6. The fraction of sp³-hybridized carbons (Fsp3) is 0.188. The van der Waals surface area contributed by atoms with Gasteiger partial charge in [-0.3, -0.25) is 14.9 Å².